The highest BCUT2D eigenvalue weighted by molar-refractivity contribution is 9.11. The number of nitrogens with zero attached hydrogens (tertiary/aromatic N) is 1. The van der Waals surface area contributed by atoms with Crippen molar-refractivity contribution in [2.24, 2.45) is 0 Å². The van der Waals surface area contributed by atoms with Crippen LogP contribution < -0.4 is 9.47 Å². The van der Waals surface area contributed by atoms with Crippen molar-refractivity contribution in [2.75, 3.05) is 7.11 Å². The van der Waals surface area contributed by atoms with E-state index in [0.29, 0.717) is 23.3 Å². The Bertz CT molecular complexity index is 637. The smallest absolute Gasteiger partial charge is 0.223 e. The maximum absolute atomic E-state index is 5.91. The van der Waals surface area contributed by atoms with Gasteiger partial charge in [0.1, 0.15) is 11.5 Å². The average Bonchev–Trinajstić information content (AvgIpc) is 2.44. The molecule has 0 unspecified atom stereocenters. The molecule has 2 rings (SSSR count). The second-order valence-corrected chi connectivity index (χ2v) is 6.66. The van der Waals surface area contributed by atoms with E-state index in [1.54, 1.807) is 13.3 Å². The van der Waals surface area contributed by atoms with Gasteiger partial charge >= 0.3 is 0 Å². The Balaban J connectivity index is 2.37. The van der Waals surface area contributed by atoms with Gasteiger partial charge in [-0.15, -0.1) is 11.6 Å². The predicted octanol–water partition coefficient (Wildman–Crippen LogP) is 5.91. The molecule has 3 nitrogen and oxygen atoms in total. The lowest BCUT2D eigenvalue weighted by atomic mass is 10.3. The molecule has 7 heteroatoms. The Hall–Kier alpha value is -0.300. The predicted molar refractivity (Wildman–Crippen MR) is 90.0 cm³/mol. The number of halogens is 4. The first-order valence-electron chi connectivity index (χ1n) is 5.46. The van der Waals surface area contributed by atoms with Gasteiger partial charge in [0.25, 0.3) is 0 Å². The molecule has 1 aromatic heterocycles. The highest BCUT2D eigenvalue weighted by atomic mass is 79.9. The molecule has 0 amide bonds. The zero-order valence-electron chi connectivity index (χ0n) is 10.3. The minimum absolute atomic E-state index is 0.316. The van der Waals surface area contributed by atoms with Gasteiger partial charge in [-0.3, -0.25) is 0 Å². The number of hydrogen-bond acceptors (Lipinski definition) is 3. The van der Waals surface area contributed by atoms with Gasteiger partial charge in [0.15, 0.2) is 0 Å². The van der Waals surface area contributed by atoms with Crippen molar-refractivity contribution < 1.29 is 9.47 Å². The number of rotatable bonds is 4. The van der Waals surface area contributed by atoms with E-state index in [4.69, 9.17) is 21.1 Å². The molecule has 0 saturated carbocycles. The van der Waals surface area contributed by atoms with E-state index < -0.39 is 0 Å². The summed E-state index contributed by atoms with van der Waals surface area (Å²) < 4.78 is 13.5. The summed E-state index contributed by atoms with van der Waals surface area (Å²) in [6.45, 7) is 0. The third-order valence-electron chi connectivity index (χ3n) is 2.45. The number of hydrogen-bond donors (Lipinski definition) is 0. The average molecular weight is 486 g/mol. The van der Waals surface area contributed by atoms with Crippen molar-refractivity contribution in [3.63, 3.8) is 0 Å². The third kappa shape index (κ3) is 3.67. The van der Waals surface area contributed by atoms with Crippen LogP contribution in [0.25, 0.3) is 0 Å². The molecular weight excluding hydrogens is 477 g/mol. The van der Waals surface area contributed by atoms with Crippen molar-refractivity contribution in [1.82, 2.24) is 4.98 Å². The summed E-state index contributed by atoms with van der Waals surface area (Å²) in [6, 6.07) is 5.51. The molecule has 0 radical (unpaired) electrons. The summed E-state index contributed by atoms with van der Waals surface area (Å²) in [5, 5.41) is 0. The van der Waals surface area contributed by atoms with Gasteiger partial charge in [-0.2, -0.15) is 0 Å². The van der Waals surface area contributed by atoms with Crippen LogP contribution in [0.4, 0.5) is 0 Å². The second-order valence-electron chi connectivity index (χ2n) is 3.77. The van der Waals surface area contributed by atoms with Gasteiger partial charge in [0.05, 0.1) is 21.9 Å². The lowest BCUT2D eigenvalue weighted by molar-refractivity contribution is 0.408. The number of aromatic nitrogens is 1. The van der Waals surface area contributed by atoms with Gasteiger partial charge in [-0.25, -0.2) is 4.98 Å². The molecule has 0 aliphatic carbocycles. The van der Waals surface area contributed by atoms with Gasteiger partial charge < -0.3 is 9.47 Å². The van der Waals surface area contributed by atoms with Crippen LogP contribution in [-0.2, 0) is 5.88 Å². The Morgan fingerprint density at radius 3 is 2.40 bits per heavy atom. The van der Waals surface area contributed by atoms with Crippen molar-refractivity contribution in [1.29, 1.82) is 0 Å². The molecule has 0 aliphatic heterocycles. The summed E-state index contributed by atoms with van der Waals surface area (Å²) in [7, 11) is 1.61. The topological polar surface area (TPSA) is 31.4 Å². The summed E-state index contributed by atoms with van der Waals surface area (Å²) in [4.78, 5) is 4.24. The molecule has 0 fully saturated rings. The van der Waals surface area contributed by atoms with Crippen molar-refractivity contribution >= 4 is 59.4 Å². The summed E-state index contributed by atoms with van der Waals surface area (Å²) in [5.74, 6) is 2.13. The summed E-state index contributed by atoms with van der Waals surface area (Å²) in [6.07, 6.45) is 1.66. The van der Waals surface area contributed by atoms with E-state index in [1.165, 1.54) is 0 Å². The fourth-order valence-corrected chi connectivity index (χ4v) is 2.96. The first-order chi connectivity index (χ1) is 9.55. The first-order valence-corrected chi connectivity index (χ1v) is 8.37. The monoisotopic (exact) mass is 483 g/mol. The third-order valence-corrected chi connectivity index (χ3v) is 4.41. The maximum atomic E-state index is 5.91. The van der Waals surface area contributed by atoms with Crippen LogP contribution in [0.3, 0.4) is 0 Å². The number of methoxy groups -OCH3 is 1. The molecular formula is C13H9Br3ClNO2. The van der Waals surface area contributed by atoms with Crippen LogP contribution >= 0.6 is 59.4 Å². The maximum Gasteiger partial charge on any atom is 0.223 e. The minimum atomic E-state index is 0.316. The number of alkyl halides is 1. The Kier molecular flexibility index (Phi) is 5.72. The fraction of sp³-hybridized carbons (Fsp3) is 0.154. The van der Waals surface area contributed by atoms with E-state index in [-0.39, 0.29) is 0 Å². The Labute approximate surface area is 147 Å². The Morgan fingerprint density at radius 2 is 1.75 bits per heavy atom. The molecule has 0 atom stereocenters. The van der Waals surface area contributed by atoms with Gasteiger partial charge in [0.2, 0.25) is 5.88 Å². The van der Waals surface area contributed by atoms with E-state index in [0.717, 1.165) is 19.0 Å². The zero-order valence-corrected chi connectivity index (χ0v) is 15.8. The molecule has 0 N–H and O–H groups in total. The van der Waals surface area contributed by atoms with Crippen molar-refractivity contribution in [3.05, 3.63) is 43.4 Å². The molecule has 0 aliphatic rings. The highest BCUT2D eigenvalue weighted by Crippen LogP contribution is 2.38. The molecule has 0 saturated heterocycles. The lowest BCUT2D eigenvalue weighted by Gasteiger charge is -2.12. The van der Waals surface area contributed by atoms with Gasteiger partial charge in [0, 0.05) is 16.2 Å². The highest BCUT2D eigenvalue weighted by Gasteiger charge is 2.12. The summed E-state index contributed by atoms with van der Waals surface area (Å²) in [5.41, 5.74) is 0.805. The van der Waals surface area contributed by atoms with Crippen LogP contribution in [0.15, 0.2) is 37.8 Å². The van der Waals surface area contributed by atoms with Gasteiger partial charge in [-0.05, 0) is 66.0 Å². The van der Waals surface area contributed by atoms with Crippen molar-refractivity contribution in [3.8, 4) is 17.4 Å². The fourth-order valence-electron chi connectivity index (χ4n) is 1.51. The zero-order chi connectivity index (χ0) is 14.7. The van der Waals surface area contributed by atoms with E-state index in [1.807, 2.05) is 18.2 Å². The van der Waals surface area contributed by atoms with Crippen LogP contribution in [-0.4, -0.2) is 12.1 Å². The SMILES string of the molecule is COc1cc(Br)c(Oc2ncc(Br)cc2CCl)cc1Br. The molecule has 0 bridgehead atoms. The van der Waals surface area contributed by atoms with Crippen LogP contribution in [0.1, 0.15) is 5.56 Å². The molecule has 1 heterocycles. The molecule has 106 valence electrons. The van der Waals surface area contributed by atoms with Crippen LogP contribution in [0.2, 0.25) is 0 Å². The van der Waals surface area contributed by atoms with Crippen molar-refractivity contribution in [2.45, 2.75) is 5.88 Å². The largest absolute Gasteiger partial charge is 0.496 e. The quantitative estimate of drug-likeness (QED) is 0.504. The normalized spacial score (nSPS) is 10.4. The summed E-state index contributed by atoms with van der Waals surface area (Å²) >= 11 is 16.1. The Morgan fingerprint density at radius 1 is 1.10 bits per heavy atom. The lowest BCUT2D eigenvalue weighted by Crippen LogP contribution is -1.95. The van der Waals surface area contributed by atoms with E-state index in [2.05, 4.69) is 52.8 Å². The molecule has 1 aromatic carbocycles. The molecule has 0 spiro atoms. The molecule has 2 aromatic rings. The number of benzene rings is 1. The second kappa shape index (κ2) is 7.11. The minimum Gasteiger partial charge on any atom is -0.496 e. The first kappa shape index (κ1) is 16.1. The molecule has 20 heavy (non-hydrogen) atoms. The van der Waals surface area contributed by atoms with E-state index >= 15 is 0 Å². The van der Waals surface area contributed by atoms with Crippen LogP contribution in [0.5, 0.6) is 17.4 Å². The number of pyridine rings is 1. The van der Waals surface area contributed by atoms with Crippen LogP contribution in [0, 0.1) is 0 Å². The van der Waals surface area contributed by atoms with E-state index in [9.17, 15) is 0 Å². The van der Waals surface area contributed by atoms with Gasteiger partial charge in [-0.1, -0.05) is 0 Å². The standard InChI is InChI=1S/C13H9Br3ClNO2/c1-19-11-3-10(16)12(4-9(11)15)20-13-7(5-17)2-8(14)6-18-13/h2-4,6H,5H2,1H3. The number of ether oxygens (including phenoxy) is 2.